The van der Waals surface area contributed by atoms with E-state index >= 15 is 0 Å². The Hall–Kier alpha value is -4.88. The van der Waals surface area contributed by atoms with E-state index in [-0.39, 0.29) is 0 Å². The Morgan fingerprint density at radius 3 is 1.21 bits per heavy atom. The molecule has 8 heterocycles. The quantitative estimate of drug-likeness (QED) is 0.151. The topological polar surface area (TPSA) is 157 Å². The highest BCUT2D eigenvalue weighted by molar-refractivity contribution is 7.09. The van der Waals surface area contributed by atoms with Gasteiger partial charge >= 0.3 is 0 Å². The zero-order valence-corrected chi connectivity index (χ0v) is 47.5. The highest BCUT2D eigenvalue weighted by Gasteiger charge is 2.07. The van der Waals surface area contributed by atoms with E-state index in [1.807, 2.05) is 189 Å². The van der Waals surface area contributed by atoms with Gasteiger partial charge < -0.3 is 19.1 Å². The van der Waals surface area contributed by atoms with Gasteiger partial charge in [-0.15, -0.1) is 11.3 Å². The third kappa shape index (κ3) is 70.8. The summed E-state index contributed by atoms with van der Waals surface area (Å²) < 4.78 is 9.78. The minimum atomic E-state index is 0.616. The summed E-state index contributed by atoms with van der Waals surface area (Å²) in [5.41, 5.74) is 6.35. The van der Waals surface area contributed by atoms with Crippen molar-refractivity contribution in [3.8, 4) is 0 Å². The molecule has 0 aliphatic carbocycles. The van der Waals surface area contributed by atoms with Crippen LogP contribution in [-0.2, 0) is 4.74 Å². The average molecular weight is 944 g/mol. The van der Waals surface area contributed by atoms with E-state index in [1.165, 1.54) is 42.4 Å². The van der Waals surface area contributed by atoms with Crippen LogP contribution in [0, 0.1) is 47.5 Å². The predicted octanol–water partition coefficient (Wildman–Crippen LogP) is 16.5. The van der Waals surface area contributed by atoms with Crippen LogP contribution < -0.4 is 0 Å². The van der Waals surface area contributed by atoms with Crippen molar-refractivity contribution in [1.82, 2.24) is 44.9 Å². The maximum Gasteiger partial charge on any atom is 0.180 e. The molecule has 0 spiro atoms. The standard InChI is InChI=1S/C6H7N.C5H6N2.C5H9N.C5H10O.2C4H6N2.C4H5NO.C4H5NS.8C2H6/c1-6-3-2-4-7-5-6;1-5-2-6-4-7-3-5;1-5-3-2-4-6-5;1-5-2-3-6-4-5;4*1-4-2-5-3-6-4;8*1-2/h2-5H,1H3;2-4H,1H3;4-5H,2-3H2,1H3;5H,2-4H2,1H3;2*2-3H,1H3,(H,5,6);2*2-3H,1H3;8*1-2H3. The molecule has 12 nitrogen and oxygen atoms in total. The summed E-state index contributed by atoms with van der Waals surface area (Å²) in [5.74, 6) is 1.68. The first-order valence-electron chi connectivity index (χ1n) is 24.4. The molecule has 0 amide bonds. The third-order valence-electron chi connectivity index (χ3n) is 6.11. The fraction of sp³-hybridized carbons (Fsp3) is 0.585. The summed E-state index contributed by atoms with van der Waals surface area (Å²) >= 11 is 1.67. The van der Waals surface area contributed by atoms with Crippen LogP contribution in [0.1, 0.15) is 177 Å². The lowest BCUT2D eigenvalue weighted by Gasteiger charge is -1.89. The summed E-state index contributed by atoms with van der Waals surface area (Å²) in [7, 11) is 0. The molecule has 2 atom stereocenters. The molecule has 0 radical (unpaired) electrons. The lowest BCUT2D eigenvalue weighted by Crippen LogP contribution is -1.88. The van der Waals surface area contributed by atoms with Gasteiger partial charge in [-0.25, -0.2) is 24.9 Å². The van der Waals surface area contributed by atoms with Gasteiger partial charge in [0.15, 0.2) is 6.39 Å². The number of H-pyrrole nitrogens is 2. The van der Waals surface area contributed by atoms with Crippen molar-refractivity contribution < 1.29 is 9.15 Å². The largest absolute Gasteiger partial charge is 0.449 e. The normalized spacial score (nSPS) is 11.8. The van der Waals surface area contributed by atoms with Crippen LogP contribution in [-0.4, -0.2) is 70.3 Å². The number of hydrogen-bond acceptors (Lipinski definition) is 11. The molecule has 13 heteroatoms. The molecule has 2 unspecified atom stereocenters. The first kappa shape index (κ1) is 78.3. The maximum atomic E-state index is 5.06. The Morgan fingerprint density at radius 1 is 0.561 bits per heavy atom. The zero-order valence-electron chi connectivity index (χ0n) is 46.7. The van der Waals surface area contributed by atoms with Crippen molar-refractivity contribution in [1.29, 1.82) is 0 Å². The highest BCUT2D eigenvalue weighted by Crippen LogP contribution is 2.09. The third-order valence-corrected chi connectivity index (χ3v) is 6.82. The number of thiazole rings is 1. The van der Waals surface area contributed by atoms with Gasteiger partial charge in [-0.3, -0.25) is 15.0 Å². The summed E-state index contributed by atoms with van der Waals surface area (Å²) in [5, 5.41) is 0. The Balaban J connectivity index is -0.0000000930. The van der Waals surface area contributed by atoms with Crippen molar-refractivity contribution in [3.05, 3.63) is 126 Å². The van der Waals surface area contributed by atoms with Crippen molar-refractivity contribution in [2.24, 2.45) is 10.9 Å². The maximum absolute atomic E-state index is 5.06. The lowest BCUT2D eigenvalue weighted by atomic mass is 10.2. The summed E-state index contributed by atoms with van der Waals surface area (Å²) in [6, 6.07) is 4.56. The molecule has 0 bridgehead atoms. The number of aryl methyl sites for hydroxylation is 6. The molecular weight excluding hydrogens is 841 g/mol. The van der Waals surface area contributed by atoms with Gasteiger partial charge in [-0.1, -0.05) is 124 Å². The number of hydrogen-bond donors (Lipinski definition) is 2. The number of nitrogens with zero attached hydrogens (tertiary/aromatic N) is 8. The summed E-state index contributed by atoms with van der Waals surface area (Å²) in [6.45, 7) is 50.1. The monoisotopic (exact) mass is 943 g/mol. The van der Waals surface area contributed by atoms with Crippen molar-refractivity contribution in [2.45, 2.75) is 191 Å². The second-order valence-electron chi connectivity index (χ2n) is 11.4. The SMILES string of the molecule is CC.CC.CC.CC.CC.CC.CC.CC.CC1CCC=N1.CC1CCOC1.Cc1cccnc1.Cc1cnc[nH]1.Cc1cnc[nH]1.Cc1cncnc1.Cc1cnco1.Cc1cncs1. The molecule has 382 valence electrons. The van der Waals surface area contributed by atoms with Crippen LogP contribution in [0.15, 0.2) is 102 Å². The minimum Gasteiger partial charge on any atom is -0.449 e. The molecule has 1 fully saturated rings. The zero-order chi connectivity index (χ0) is 52.7. The number of nitrogens with one attached hydrogen (secondary N) is 2. The number of aliphatic imine (C=N–C) groups is 1. The van der Waals surface area contributed by atoms with Crippen LogP contribution in [0.2, 0.25) is 0 Å². The van der Waals surface area contributed by atoms with Gasteiger partial charge in [0.1, 0.15) is 12.1 Å². The number of rotatable bonds is 0. The number of aromatic nitrogens is 9. The second kappa shape index (κ2) is 74.5. The van der Waals surface area contributed by atoms with Crippen LogP contribution >= 0.6 is 11.3 Å². The van der Waals surface area contributed by atoms with E-state index in [0.717, 1.165) is 41.8 Å². The fourth-order valence-corrected chi connectivity index (χ4v) is 3.74. The number of imidazole rings is 2. The smallest absolute Gasteiger partial charge is 0.180 e. The highest BCUT2D eigenvalue weighted by atomic mass is 32.1. The number of pyridine rings is 1. The molecule has 2 aliphatic rings. The molecule has 6 aromatic rings. The molecule has 66 heavy (non-hydrogen) atoms. The fourth-order valence-electron chi connectivity index (χ4n) is 3.33. The first-order chi connectivity index (χ1) is 32.2. The van der Waals surface area contributed by atoms with E-state index < -0.39 is 0 Å². The average Bonchev–Trinajstić information content (AvgIpc) is 4.27. The number of aromatic amines is 2. The summed E-state index contributed by atoms with van der Waals surface area (Å²) in [6.07, 6.45) is 26.2. The lowest BCUT2D eigenvalue weighted by molar-refractivity contribution is 0.188. The molecule has 0 aromatic carbocycles. The van der Waals surface area contributed by atoms with Gasteiger partial charge in [0.05, 0.1) is 24.4 Å². The molecule has 1 saturated heterocycles. The van der Waals surface area contributed by atoms with E-state index in [0.29, 0.717) is 6.04 Å². The Labute approximate surface area is 411 Å². The van der Waals surface area contributed by atoms with Crippen LogP contribution in [0.3, 0.4) is 0 Å². The van der Waals surface area contributed by atoms with Gasteiger partial charge in [-0.05, 0) is 97.1 Å². The minimum absolute atomic E-state index is 0.616. The molecule has 2 N–H and O–H groups in total. The van der Waals surface area contributed by atoms with Crippen molar-refractivity contribution in [3.63, 3.8) is 0 Å². The van der Waals surface area contributed by atoms with Gasteiger partial charge in [0.2, 0.25) is 0 Å². The Kier molecular flexibility index (Phi) is 88.3. The van der Waals surface area contributed by atoms with Gasteiger partial charge in [-0.2, -0.15) is 0 Å². The van der Waals surface area contributed by atoms with Crippen LogP contribution in [0.25, 0.3) is 0 Å². The molecule has 6 aromatic heterocycles. The predicted molar refractivity (Wildman–Crippen MR) is 293 cm³/mol. The van der Waals surface area contributed by atoms with E-state index in [1.54, 1.807) is 61.2 Å². The van der Waals surface area contributed by atoms with Crippen molar-refractivity contribution in [2.75, 3.05) is 13.2 Å². The van der Waals surface area contributed by atoms with Crippen LogP contribution in [0.5, 0.6) is 0 Å². The van der Waals surface area contributed by atoms with Crippen molar-refractivity contribution >= 4 is 17.6 Å². The number of oxazole rings is 1. The van der Waals surface area contributed by atoms with Gasteiger partial charge in [0, 0.05) is 78.9 Å². The Morgan fingerprint density at radius 2 is 1.08 bits per heavy atom. The Bertz CT molecular complexity index is 1360. The molecule has 8 rings (SSSR count). The van der Waals surface area contributed by atoms with Gasteiger partial charge in [0.25, 0.3) is 0 Å². The molecule has 2 aliphatic heterocycles. The molecule has 0 saturated carbocycles. The second-order valence-corrected chi connectivity index (χ2v) is 12.5. The summed E-state index contributed by atoms with van der Waals surface area (Å²) in [4.78, 5) is 37.6. The first-order valence-corrected chi connectivity index (χ1v) is 25.3. The van der Waals surface area contributed by atoms with E-state index in [9.17, 15) is 0 Å². The van der Waals surface area contributed by atoms with Crippen LogP contribution in [0.4, 0.5) is 0 Å². The molecular formula is C53H102N10O2S. The van der Waals surface area contributed by atoms with E-state index in [4.69, 9.17) is 9.15 Å². The van der Waals surface area contributed by atoms with E-state index in [2.05, 4.69) is 63.7 Å². The number of ether oxygens (including phenoxy) is 1.